The van der Waals surface area contributed by atoms with E-state index in [2.05, 4.69) is 10.1 Å². The van der Waals surface area contributed by atoms with Crippen LogP contribution in [0.25, 0.3) is 11.4 Å². The van der Waals surface area contributed by atoms with E-state index in [1.54, 1.807) is 16.2 Å². The van der Waals surface area contributed by atoms with Gasteiger partial charge in [-0.25, -0.2) is 0 Å². The number of amides is 1. The van der Waals surface area contributed by atoms with Crippen LogP contribution in [0.15, 0.2) is 70.6 Å². The van der Waals surface area contributed by atoms with Crippen molar-refractivity contribution in [2.24, 2.45) is 0 Å². The van der Waals surface area contributed by atoms with Crippen LogP contribution in [0.5, 0.6) is 11.5 Å². The maximum atomic E-state index is 13.3. The molecule has 7 nitrogen and oxygen atoms in total. The van der Waals surface area contributed by atoms with Crippen LogP contribution in [0.3, 0.4) is 0 Å². The Bertz CT molecular complexity index is 1190. The highest BCUT2D eigenvalue weighted by Crippen LogP contribution is 2.35. The minimum atomic E-state index is -0.0328. The predicted octanol–water partition coefficient (Wildman–Crippen LogP) is 4.74. The van der Waals surface area contributed by atoms with E-state index in [0.717, 1.165) is 16.1 Å². The SMILES string of the molecule is O=C(CCc1nc(-c2ccccc2)no1)N(Cc1cccs1)c1ccc2c(c1)OCCO2. The van der Waals surface area contributed by atoms with E-state index in [4.69, 9.17) is 14.0 Å². The number of carbonyl (C=O) groups is 1. The Labute approximate surface area is 189 Å². The van der Waals surface area contributed by atoms with Crippen molar-refractivity contribution in [2.75, 3.05) is 18.1 Å². The van der Waals surface area contributed by atoms with Crippen LogP contribution >= 0.6 is 11.3 Å². The standard InChI is InChI=1S/C24H21N3O4S/c28-23(11-10-22-25-24(26-31-22)17-5-2-1-3-6-17)27(16-19-7-4-14-32-19)18-8-9-20-21(15-18)30-13-12-29-20/h1-9,14-15H,10-13,16H2. The summed E-state index contributed by atoms with van der Waals surface area (Å²) in [5.74, 6) is 2.28. The number of anilines is 1. The highest BCUT2D eigenvalue weighted by Gasteiger charge is 2.21. The molecule has 2 aromatic heterocycles. The van der Waals surface area contributed by atoms with E-state index in [1.165, 1.54) is 0 Å². The maximum Gasteiger partial charge on any atom is 0.227 e. The molecule has 0 N–H and O–H groups in total. The summed E-state index contributed by atoms with van der Waals surface area (Å²) in [6.45, 7) is 1.50. The number of thiophene rings is 1. The van der Waals surface area contributed by atoms with Crippen LogP contribution in [-0.4, -0.2) is 29.3 Å². The van der Waals surface area contributed by atoms with Gasteiger partial charge in [-0.2, -0.15) is 4.98 Å². The molecule has 0 atom stereocenters. The third kappa shape index (κ3) is 4.50. The number of nitrogens with zero attached hydrogens (tertiary/aromatic N) is 3. The van der Waals surface area contributed by atoms with Crippen molar-refractivity contribution in [3.05, 3.63) is 76.8 Å². The van der Waals surface area contributed by atoms with E-state index in [0.29, 0.717) is 49.4 Å². The summed E-state index contributed by atoms with van der Waals surface area (Å²) in [6, 6.07) is 19.2. The summed E-state index contributed by atoms with van der Waals surface area (Å²) in [5.41, 5.74) is 1.65. The van der Waals surface area contributed by atoms with Crippen molar-refractivity contribution in [3.63, 3.8) is 0 Å². The smallest absolute Gasteiger partial charge is 0.227 e. The van der Waals surface area contributed by atoms with Gasteiger partial charge in [0.2, 0.25) is 17.6 Å². The second kappa shape index (κ2) is 9.23. The molecule has 162 valence electrons. The Morgan fingerprint density at radius 1 is 1.00 bits per heavy atom. The zero-order valence-corrected chi connectivity index (χ0v) is 18.1. The molecule has 0 fully saturated rings. The number of aromatic nitrogens is 2. The number of fused-ring (bicyclic) bond motifs is 1. The molecule has 0 saturated carbocycles. The zero-order chi connectivity index (χ0) is 21.8. The molecule has 1 aliphatic heterocycles. The average molecular weight is 448 g/mol. The van der Waals surface area contributed by atoms with Crippen LogP contribution in [0.2, 0.25) is 0 Å². The topological polar surface area (TPSA) is 77.7 Å². The summed E-state index contributed by atoms with van der Waals surface area (Å²) in [4.78, 5) is 20.5. The van der Waals surface area contributed by atoms with E-state index < -0.39 is 0 Å². The first-order valence-corrected chi connectivity index (χ1v) is 11.2. The van der Waals surface area contributed by atoms with Gasteiger partial charge in [-0.1, -0.05) is 41.6 Å². The molecule has 1 aliphatic rings. The number of aryl methyl sites for hydroxylation is 1. The number of ether oxygens (including phenoxy) is 2. The Kier molecular flexibility index (Phi) is 5.85. The lowest BCUT2D eigenvalue weighted by atomic mass is 10.2. The number of hydrogen-bond donors (Lipinski definition) is 0. The van der Waals surface area contributed by atoms with Crippen molar-refractivity contribution in [1.82, 2.24) is 10.1 Å². The van der Waals surface area contributed by atoms with Crippen molar-refractivity contribution < 1.29 is 18.8 Å². The van der Waals surface area contributed by atoms with E-state index in [1.807, 2.05) is 66.0 Å². The van der Waals surface area contributed by atoms with Gasteiger partial charge < -0.3 is 18.9 Å². The first-order chi connectivity index (χ1) is 15.8. The first kappa shape index (κ1) is 20.3. The fourth-order valence-corrected chi connectivity index (χ4v) is 4.18. The number of rotatable bonds is 7. The van der Waals surface area contributed by atoms with Gasteiger partial charge in [0, 0.05) is 35.0 Å². The van der Waals surface area contributed by atoms with Gasteiger partial charge in [-0.3, -0.25) is 4.79 Å². The first-order valence-electron chi connectivity index (χ1n) is 10.4. The fourth-order valence-electron chi connectivity index (χ4n) is 3.49. The van der Waals surface area contributed by atoms with E-state index >= 15 is 0 Å². The molecule has 0 bridgehead atoms. The highest BCUT2D eigenvalue weighted by molar-refractivity contribution is 7.09. The van der Waals surface area contributed by atoms with E-state index in [9.17, 15) is 4.79 Å². The van der Waals surface area contributed by atoms with Gasteiger partial charge in [-0.05, 0) is 23.6 Å². The van der Waals surface area contributed by atoms with Gasteiger partial charge in [-0.15, -0.1) is 11.3 Å². The lowest BCUT2D eigenvalue weighted by Crippen LogP contribution is -2.30. The summed E-state index contributed by atoms with van der Waals surface area (Å²) >= 11 is 1.62. The summed E-state index contributed by atoms with van der Waals surface area (Å²) < 4.78 is 16.7. The summed E-state index contributed by atoms with van der Waals surface area (Å²) in [7, 11) is 0. The number of benzene rings is 2. The molecule has 0 spiro atoms. The Balaban J connectivity index is 1.32. The lowest BCUT2D eigenvalue weighted by molar-refractivity contribution is -0.118. The molecule has 0 aliphatic carbocycles. The molecule has 0 unspecified atom stereocenters. The summed E-state index contributed by atoms with van der Waals surface area (Å²) in [5, 5.41) is 6.04. The number of carbonyl (C=O) groups excluding carboxylic acids is 1. The minimum absolute atomic E-state index is 0.0328. The van der Waals surface area contributed by atoms with Crippen LogP contribution in [0.4, 0.5) is 5.69 Å². The molecule has 8 heteroatoms. The van der Waals surface area contributed by atoms with Crippen molar-refractivity contribution in [3.8, 4) is 22.9 Å². The molecule has 3 heterocycles. The largest absolute Gasteiger partial charge is 0.486 e. The minimum Gasteiger partial charge on any atom is -0.486 e. The quantitative estimate of drug-likeness (QED) is 0.407. The third-order valence-electron chi connectivity index (χ3n) is 5.09. The second-order valence-electron chi connectivity index (χ2n) is 7.26. The molecule has 32 heavy (non-hydrogen) atoms. The van der Waals surface area contributed by atoms with Crippen LogP contribution < -0.4 is 14.4 Å². The molecule has 1 amide bonds. The molecule has 0 radical (unpaired) electrons. The average Bonchev–Trinajstić information content (AvgIpc) is 3.54. The van der Waals surface area contributed by atoms with Crippen LogP contribution in [0, 0.1) is 0 Å². The van der Waals surface area contributed by atoms with Gasteiger partial charge in [0.1, 0.15) is 13.2 Å². The fraction of sp³-hybridized carbons (Fsp3) is 0.208. The van der Waals surface area contributed by atoms with Crippen molar-refractivity contribution in [2.45, 2.75) is 19.4 Å². The Morgan fingerprint density at radius 3 is 2.66 bits per heavy atom. The monoisotopic (exact) mass is 447 g/mol. The molecular formula is C24H21N3O4S. The molecule has 4 aromatic rings. The van der Waals surface area contributed by atoms with Crippen molar-refractivity contribution >= 4 is 22.9 Å². The number of hydrogen-bond acceptors (Lipinski definition) is 7. The molecular weight excluding hydrogens is 426 g/mol. The lowest BCUT2D eigenvalue weighted by Gasteiger charge is -2.25. The predicted molar refractivity (Wildman–Crippen MR) is 121 cm³/mol. The van der Waals surface area contributed by atoms with Crippen molar-refractivity contribution in [1.29, 1.82) is 0 Å². The normalized spacial score (nSPS) is 12.5. The summed E-state index contributed by atoms with van der Waals surface area (Å²) in [6.07, 6.45) is 0.612. The van der Waals surface area contributed by atoms with Gasteiger partial charge >= 0.3 is 0 Å². The maximum absolute atomic E-state index is 13.3. The second-order valence-corrected chi connectivity index (χ2v) is 8.30. The Morgan fingerprint density at radius 2 is 1.84 bits per heavy atom. The van der Waals surface area contributed by atoms with Crippen LogP contribution in [0.1, 0.15) is 17.2 Å². The van der Waals surface area contributed by atoms with E-state index in [-0.39, 0.29) is 12.3 Å². The van der Waals surface area contributed by atoms with Gasteiger partial charge in [0.05, 0.1) is 6.54 Å². The third-order valence-corrected chi connectivity index (χ3v) is 5.95. The Hall–Kier alpha value is -3.65. The highest BCUT2D eigenvalue weighted by atomic mass is 32.1. The van der Waals surface area contributed by atoms with Crippen LogP contribution in [-0.2, 0) is 17.8 Å². The molecule has 2 aromatic carbocycles. The van der Waals surface area contributed by atoms with Gasteiger partial charge in [0.15, 0.2) is 11.5 Å². The molecule has 0 saturated heterocycles. The van der Waals surface area contributed by atoms with Gasteiger partial charge in [0.25, 0.3) is 0 Å². The molecule has 5 rings (SSSR count). The zero-order valence-electron chi connectivity index (χ0n) is 17.3.